The molecule has 12 heteroatoms. The van der Waals surface area contributed by atoms with Gasteiger partial charge < -0.3 is 27.3 Å². The van der Waals surface area contributed by atoms with Crippen molar-refractivity contribution in [1.82, 2.24) is 18.9 Å². The second kappa shape index (κ2) is 33.0. The Balaban J connectivity index is 1.28. The van der Waals surface area contributed by atoms with Crippen molar-refractivity contribution in [2.75, 3.05) is 13.2 Å². The first-order chi connectivity index (χ1) is 51.9. The predicted octanol–water partition coefficient (Wildman–Crippen LogP) is 20.9. The molecule has 4 aromatic heterocycles. The minimum Gasteiger partial charge on any atom is -0.493 e. The van der Waals surface area contributed by atoms with Crippen molar-refractivity contribution in [2.45, 2.75) is 170 Å². The highest BCUT2D eigenvalue weighted by Crippen LogP contribution is 2.42. The van der Waals surface area contributed by atoms with Crippen LogP contribution in [-0.4, -0.2) is 45.8 Å². The van der Waals surface area contributed by atoms with Gasteiger partial charge in [-0.1, -0.05) is 297 Å². The van der Waals surface area contributed by atoms with Crippen LogP contribution in [0.1, 0.15) is 179 Å². The Labute approximate surface area is 649 Å². The van der Waals surface area contributed by atoms with E-state index in [0.717, 1.165) is 89.1 Å². The largest absolute Gasteiger partial charge is 0.493 e. The summed E-state index contributed by atoms with van der Waals surface area (Å²) < 4.78 is 33.5. The summed E-state index contributed by atoms with van der Waals surface area (Å²) in [6, 6.07) is 76.8. The highest BCUT2D eigenvalue weighted by molar-refractivity contribution is 6.85. The molecule has 8 aromatic carbocycles. The van der Waals surface area contributed by atoms with Crippen molar-refractivity contribution >= 4 is 79.7 Å². The molecular weight excluding hydrogens is 1330 g/mol. The van der Waals surface area contributed by atoms with Crippen LogP contribution in [0, 0.1) is 93.7 Å². The van der Waals surface area contributed by atoms with Gasteiger partial charge in [0, 0.05) is 33.3 Å². The third-order valence-corrected chi connectivity index (χ3v) is 22.4. The van der Waals surface area contributed by atoms with Gasteiger partial charge in [-0.3, -0.25) is 0 Å². The Morgan fingerprint density at radius 1 is 0.431 bits per heavy atom. The normalized spacial score (nSPS) is 14.5. The number of fused-ring (bicyclic) bond motifs is 3. The van der Waals surface area contributed by atoms with Crippen LogP contribution in [0.3, 0.4) is 0 Å². The first-order valence-electron chi connectivity index (χ1n) is 39.7. The molecule has 12 aromatic rings. The van der Waals surface area contributed by atoms with E-state index in [1.54, 1.807) is 0 Å². The van der Waals surface area contributed by atoms with E-state index in [-0.39, 0.29) is 56.4 Å². The fraction of sp³-hybridized carbons (Fsp3) is 0.381. The second-order valence-electron chi connectivity index (χ2n) is 36.3. The van der Waals surface area contributed by atoms with Crippen molar-refractivity contribution in [3.63, 3.8) is 0 Å². The molecule has 109 heavy (non-hydrogen) atoms. The highest BCUT2D eigenvalue weighted by atomic mass is 16.5. The van der Waals surface area contributed by atoms with Crippen molar-refractivity contribution < 1.29 is 18.3 Å². The van der Waals surface area contributed by atoms with Gasteiger partial charge >= 0.3 is 13.7 Å². The van der Waals surface area contributed by atoms with Gasteiger partial charge in [0.2, 0.25) is 11.8 Å². The van der Waals surface area contributed by atoms with Crippen LogP contribution in [0.4, 0.5) is 0 Å². The molecule has 0 saturated heterocycles. The molecule has 0 aliphatic rings. The maximum absolute atomic E-state index is 12.8. The molecule has 0 saturated carbocycles. The van der Waals surface area contributed by atoms with Crippen LogP contribution < -0.4 is 42.0 Å². The molecular formula is C97H112B2N6O4. The number of aryl methyl sites for hydroxylation is 2. The Bertz CT molecular complexity index is 5150. The molecule has 10 nitrogen and oxygen atoms in total. The third-order valence-electron chi connectivity index (χ3n) is 22.4. The Hall–Kier alpha value is -10.0. The maximum atomic E-state index is 12.8. The number of hydrogen-bond acceptors (Lipinski definition) is 8. The summed E-state index contributed by atoms with van der Waals surface area (Å²) in [4.78, 5) is 10.7. The van der Waals surface area contributed by atoms with E-state index >= 15 is 0 Å². The van der Waals surface area contributed by atoms with Gasteiger partial charge in [0.1, 0.15) is 45.8 Å². The molecule has 0 fully saturated rings. The zero-order chi connectivity index (χ0) is 77.7. The lowest BCUT2D eigenvalue weighted by Crippen LogP contribution is -2.54. The summed E-state index contributed by atoms with van der Waals surface area (Å²) in [7, 11) is 0. The molecule has 0 radical (unpaired) electrons. The number of benzene rings is 8. The second-order valence-corrected chi connectivity index (χ2v) is 36.3. The lowest BCUT2D eigenvalue weighted by molar-refractivity contribution is 0.139. The molecule has 0 aliphatic heterocycles. The number of oxazole rings is 2. The van der Waals surface area contributed by atoms with E-state index < -0.39 is 13.7 Å². The lowest BCUT2D eigenvalue weighted by atomic mass is 9.50. The van der Waals surface area contributed by atoms with Crippen molar-refractivity contribution in [2.24, 2.45) is 57.2 Å². The third kappa shape index (κ3) is 18.5. The summed E-state index contributed by atoms with van der Waals surface area (Å²) in [6.07, 6.45) is 7.47. The summed E-state index contributed by atoms with van der Waals surface area (Å²) in [5.41, 5.74) is 12.1. The van der Waals surface area contributed by atoms with Gasteiger partial charge in [-0.15, -0.1) is 0 Å². The Morgan fingerprint density at radius 2 is 0.789 bits per heavy atom. The van der Waals surface area contributed by atoms with Gasteiger partial charge in [0.25, 0.3) is 0 Å². The summed E-state index contributed by atoms with van der Waals surface area (Å²) in [5, 5.41) is 28.0. The molecule has 0 amide bonds. The molecule has 0 spiro atoms. The number of rotatable bonds is 27. The van der Waals surface area contributed by atoms with E-state index in [2.05, 4.69) is 277 Å². The Kier molecular flexibility index (Phi) is 23.8. The minimum atomic E-state index is -0.648. The first kappa shape index (κ1) is 78.5. The summed E-state index contributed by atoms with van der Waals surface area (Å²) in [6.45, 7) is 41.6. The fourth-order valence-corrected chi connectivity index (χ4v) is 16.9. The van der Waals surface area contributed by atoms with Gasteiger partial charge in [-0.25, -0.2) is 9.97 Å². The highest BCUT2D eigenvalue weighted by Gasteiger charge is 2.39. The smallest absolute Gasteiger partial charge is 0.328 e. The average molecular weight is 1450 g/mol. The Morgan fingerprint density at radius 3 is 1.13 bits per heavy atom. The fourth-order valence-electron chi connectivity index (χ4n) is 16.9. The zero-order valence-electron chi connectivity index (χ0n) is 67.9. The van der Waals surface area contributed by atoms with E-state index in [9.17, 15) is 10.5 Å². The van der Waals surface area contributed by atoms with Crippen LogP contribution in [0.25, 0.3) is 66.6 Å². The zero-order valence-corrected chi connectivity index (χ0v) is 67.9. The van der Waals surface area contributed by atoms with Crippen molar-refractivity contribution in [3.05, 3.63) is 240 Å². The summed E-state index contributed by atoms with van der Waals surface area (Å²) in [5.74, 6) is 4.00. The molecule has 6 atom stereocenters. The van der Waals surface area contributed by atoms with Crippen LogP contribution in [-0.2, 0) is 0 Å². The van der Waals surface area contributed by atoms with E-state index in [1.165, 1.54) is 0 Å². The van der Waals surface area contributed by atoms with Crippen LogP contribution in [0.15, 0.2) is 215 Å². The van der Waals surface area contributed by atoms with Crippen LogP contribution >= 0.6 is 0 Å². The topological polar surface area (TPSA) is 128 Å². The molecule has 4 heterocycles. The molecule has 560 valence electrons. The average Bonchev–Trinajstić information content (AvgIpc) is 1.52. The van der Waals surface area contributed by atoms with Gasteiger partial charge in [-0.2, -0.15) is 10.5 Å². The van der Waals surface area contributed by atoms with E-state index in [1.807, 2.05) is 74.5 Å². The minimum absolute atomic E-state index is 0.113. The molecule has 0 bridgehead atoms. The van der Waals surface area contributed by atoms with Crippen molar-refractivity contribution in [1.29, 1.82) is 10.5 Å². The monoisotopic (exact) mass is 1450 g/mol. The number of nitriles is 2. The molecule has 12 rings (SSSR count). The van der Waals surface area contributed by atoms with Crippen molar-refractivity contribution in [3.8, 4) is 46.2 Å². The van der Waals surface area contributed by atoms with E-state index in [0.29, 0.717) is 103 Å². The molecule has 0 aliphatic carbocycles. The number of aromatic nitrogens is 4. The number of hydrogen-bond donors (Lipinski definition) is 0. The number of ether oxygens (including phenoxy) is 2. The molecule has 0 N–H and O–H groups in total. The molecule has 6 unspecified atom stereocenters. The SMILES string of the molecule is Cc1ccc2oc(/C(C#N)=c3/c4c(-c5cccc(OCC(CCC(C)C(C)(C)C)C(C)CC(C)(C)C)c5)n(B(c5ccccc5)c5ccccc5)/c(=C(/C#N)c5nc6cc(C)ccc6o5)c4c(-c4cccc(OCC(CCC(C)CC(C)(C)C)C(C)CC(C)(C)C)c4)n3B(c3ccccc3)c3ccccc3)nc2c1. The quantitative estimate of drug-likeness (QED) is 0.0466. The van der Waals surface area contributed by atoms with Gasteiger partial charge in [0.15, 0.2) is 11.2 Å². The number of nitrogens with zero attached hydrogens (tertiary/aromatic N) is 6. The maximum Gasteiger partial charge on any atom is 0.328 e. The van der Waals surface area contributed by atoms with E-state index in [4.69, 9.17) is 28.3 Å². The van der Waals surface area contributed by atoms with Gasteiger partial charge in [-0.05, 0) is 169 Å². The van der Waals surface area contributed by atoms with Crippen LogP contribution in [0.5, 0.6) is 11.5 Å². The van der Waals surface area contributed by atoms with Gasteiger partial charge in [0.05, 0.1) is 23.9 Å². The summed E-state index contributed by atoms with van der Waals surface area (Å²) >= 11 is 0. The lowest BCUT2D eigenvalue weighted by Gasteiger charge is -2.33. The predicted molar refractivity (Wildman–Crippen MR) is 455 cm³/mol. The first-order valence-corrected chi connectivity index (χ1v) is 39.7. The standard InChI is InChI=1S/C97H112B2N6O4/c1-64-46-51-84-82(53-64)102-92(108-84)80(60-100)90-86-87(89(105(90)99(76-39-27-21-28-40-76)77-41-29-22-30-42-77)71-34-32-44-79(56-71)107-63-73(68(5)59-96(13,14)15)50-48-69(6)97(16,17)18)91(81(61-101)93-103-83-54-65(2)47-52-85(83)109-93)104(98(74-35-23-19-24-36-74)75-37-25-20-26-38-75)88(86)70-33-31-43-78(55-70)106-62-72(67(4)58-95(10,11)12)49-45-66(3)57-94(7,8)9/h19-44,46-47,51-56,66-69,72-73H,45,48-50,57-59,62-63H2,1-18H3/b90-80-,91-81-. The van der Waals surface area contributed by atoms with Crippen LogP contribution in [0.2, 0.25) is 0 Å².